The minimum absolute atomic E-state index is 0.279. The van der Waals surface area contributed by atoms with Crippen LogP contribution in [0.3, 0.4) is 0 Å². The van der Waals surface area contributed by atoms with Crippen LogP contribution in [-0.4, -0.2) is 45.1 Å². The Morgan fingerprint density at radius 3 is 2.55 bits per heavy atom. The van der Waals surface area contributed by atoms with Crippen LogP contribution in [-0.2, 0) is 16.4 Å². The third kappa shape index (κ3) is 2.66. The molecule has 1 aromatic carbocycles. The lowest BCUT2D eigenvalue weighted by Gasteiger charge is -2.35. The number of nitrogens with zero attached hydrogens (tertiary/aromatic N) is 1. The molecule has 0 N–H and O–H groups in total. The highest BCUT2D eigenvalue weighted by Gasteiger charge is 2.35. The second kappa shape index (κ2) is 5.91. The summed E-state index contributed by atoms with van der Waals surface area (Å²) >= 11 is 3.42. The Morgan fingerprint density at radius 1 is 1.35 bits per heavy atom. The van der Waals surface area contributed by atoms with Gasteiger partial charge in [-0.3, -0.25) is 0 Å². The molecule has 1 aliphatic heterocycles. The van der Waals surface area contributed by atoms with Crippen LogP contribution in [0.2, 0.25) is 0 Å². The normalized spacial score (nSPS) is 19.5. The predicted molar refractivity (Wildman–Crippen MR) is 81.3 cm³/mol. The Balaban J connectivity index is 2.62. The van der Waals surface area contributed by atoms with E-state index in [0.717, 1.165) is 11.1 Å². The maximum Gasteiger partial charge on any atom is 0.211 e. The van der Waals surface area contributed by atoms with E-state index in [1.165, 1.54) is 10.6 Å². The van der Waals surface area contributed by atoms with Crippen molar-refractivity contribution in [3.63, 3.8) is 0 Å². The number of hydrogen-bond donors (Lipinski definition) is 0. The van der Waals surface area contributed by atoms with Gasteiger partial charge in [-0.15, -0.1) is 0 Å². The Hall–Kier alpha value is -0.790. The van der Waals surface area contributed by atoms with Crippen LogP contribution in [0.25, 0.3) is 0 Å². The highest BCUT2D eigenvalue weighted by Crippen LogP contribution is 2.43. The minimum Gasteiger partial charge on any atom is -0.493 e. The number of rotatable bonds is 4. The molecule has 5 nitrogen and oxygen atoms in total. The topological polar surface area (TPSA) is 55.8 Å². The van der Waals surface area contributed by atoms with Gasteiger partial charge in [-0.25, -0.2) is 8.42 Å². The lowest BCUT2D eigenvalue weighted by Crippen LogP contribution is -2.40. The molecule has 0 bridgehead atoms. The van der Waals surface area contributed by atoms with Crippen molar-refractivity contribution in [2.75, 3.05) is 32.4 Å². The zero-order valence-electron chi connectivity index (χ0n) is 11.7. The molecule has 20 heavy (non-hydrogen) atoms. The standard InChI is InChI=1S/C13H18BrNO4S/c1-18-11-5-4-9-6-7-15(20(3,16)17)10(8-14)12(9)13(11)19-2/h4-5,10H,6-8H2,1-3H3. The molecule has 0 saturated heterocycles. The molecule has 112 valence electrons. The fourth-order valence-electron chi connectivity index (χ4n) is 2.66. The molecule has 1 aromatic rings. The largest absolute Gasteiger partial charge is 0.493 e. The smallest absolute Gasteiger partial charge is 0.211 e. The summed E-state index contributed by atoms with van der Waals surface area (Å²) in [6, 6.07) is 3.56. The van der Waals surface area contributed by atoms with Crippen molar-refractivity contribution in [3.05, 3.63) is 23.3 Å². The molecule has 0 aromatic heterocycles. The van der Waals surface area contributed by atoms with Crippen molar-refractivity contribution in [3.8, 4) is 11.5 Å². The second-order valence-electron chi connectivity index (χ2n) is 4.67. The first kappa shape index (κ1) is 15.6. The number of alkyl halides is 1. The first-order valence-corrected chi connectivity index (χ1v) is 9.17. The summed E-state index contributed by atoms with van der Waals surface area (Å²) in [5.41, 5.74) is 1.99. The molecule has 1 atom stereocenters. The fourth-order valence-corrected chi connectivity index (χ4v) is 4.59. The SMILES string of the molecule is COc1ccc2c(c1OC)C(CBr)N(S(C)(=O)=O)CC2. The summed E-state index contributed by atoms with van der Waals surface area (Å²) in [6.45, 7) is 0.484. The number of ether oxygens (including phenoxy) is 2. The van der Waals surface area contributed by atoms with Gasteiger partial charge in [0.05, 0.1) is 26.5 Å². The van der Waals surface area contributed by atoms with Crippen molar-refractivity contribution < 1.29 is 17.9 Å². The second-order valence-corrected chi connectivity index (χ2v) is 7.25. The van der Waals surface area contributed by atoms with Gasteiger partial charge in [0.2, 0.25) is 10.0 Å². The summed E-state index contributed by atoms with van der Waals surface area (Å²) < 4.78 is 36.2. The van der Waals surface area contributed by atoms with Crippen LogP contribution in [0.1, 0.15) is 17.2 Å². The van der Waals surface area contributed by atoms with Gasteiger partial charge in [-0.2, -0.15) is 4.31 Å². The Bertz CT molecular complexity index is 603. The van der Waals surface area contributed by atoms with Crippen LogP contribution >= 0.6 is 15.9 Å². The van der Waals surface area contributed by atoms with Crippen molar-refractivity contribution >= 4 is 26.0 Å². The zero-order chi connectivity index (χ0) is 14.9. The molecule has 1 aliphatic rings. The highest BCUT2D eigenvalue weighted by atomic mass is 79.9. The third-order valence-corrected chi connectivity index (χ3v) is 5.43. The van der Waals surface area contributed by atoms with E-state index in [9.17, 15) is 8.42 Å². The fraction of sp³-hybridized carbons (Fsp3) is 0.538. The summed E-state index contributed by atoms with van der Waals surface area (Å²) in [6.07, 6.45) is 1.91. The number of sulfonamides is 1. The van der Waals surface area contributed by atoms with Crippen molar-refractivity contribution in [2.24, 2.45) is 0 Å². The molecular formula is C13H18BrNO4S. The molecule has 0 aliphatic carbocycles. The number of hydrogen-bond acceptors (Lipinski definition) is 4. The third-order valence-electron chi connectivity index (χ3n) is 3.53. The lowest BCUT2D eigenvalue weighted by atomic mass is 9.94. The van der Waals surface area contributed by atoms with E-state index in [0.29, 0.717) is 29.8 Å². The zero-order valence-corrected chi connectivity index (χ0v) is 14.1. The first-order valence-electron chi connectivity index (χ1n) is 6.20. The molecule has 7 heteroatoms. The number of methoxy groups -OCH3 is 2. The van der Waals surface area contributed by atoms with Gasteiger partial charge in [0.25, 0.3) is 0 Å². The van der Waals surface area contributed by atoms with Crippen LogP contribution in [0.5, 0.6) is 11.5 Å². The highest BCUT2D eigenvalue weighted by molar-refractivity contribution is 9.09. The summed E-state index contributed by atoms with van der Waals surface area (Å²) in [5, 5.41) is 0.511. The predicted octanol–water partition coefficient (Wildman–Crippen LogP) is 1.96. The molecule has 0 saturated carbocycles. The maximum absolute atomic E-state index is 12.0. The maximum atomic E-state index is 12.0. The molecule has 2 rings (SSSR count). The summed E-state index contributed by atoms with van der Waals surface area (Å²) in [4.78, 5) is 0. The molecular weight excluding hydrogens is 346 g/mol. The van der Waals surface area contributed by atoms with Crippen LogP contribution in [0, 0.1) is 0 Å². The number of halogens is 1. The van der Waals surface area contributed by atoms with Gasteiger partial charge in [0, 0.05) is 17.4 Å². The van der Waals surface area contributed by atoms with E-state index in [1.807, 2.05) is 12.1 Å². The van der Waals surface area contributed by atoms with Crippen molar-refractivity contribution in [2.45, 2.75) is 12.5 Å². The molecule has 0 fully saturated rings. The quantitative estimate of drug-likeness (QED) is 0.767. The van der Waals surface area contributed by atoms with Gasteiger partial charge < -0.3 is 9.47 Å². The van der Waals surface area contributed by atoms with Gasteiger partial charge in [0.1, 0.15) is 0 Å². The van der Waals surface area contributed by atoms with E-state index >= 15 is 0 Å². The van der Waals surface area contributed by atoms with Gasteiger partial charge in [0.15, 0.2) is 11.5 Å². The minimum atomic E-state index is -3.27. The molecule has 0 radical (unpaired) electrons. The molecule has 0 amide bonds. The van der Waals surface area contributed by atoms with Crippen molar-refractivity contribution in [1.29, 1.82) is 0 Å². The monoisotopic (exact) mass is 363 g/mol. The molecule has 1 unspecified atom stereocenters. The Kier molecular flexibility index (Phi) is 4.61. The van der Waals surface area contributed by atoms with E-state index in [4.69, 9.17) is 9.47 Å². The van der Waals surface area contributed by atoms with Gasteiger partial charge in [-0.05, 0) is 18.1 Å². The lowest BCUT2D eigenvalue weighted by molar-refractivity contribution is 0.306. The van der Waals surface area contributed by atoms with E-state index in [-0.39, 0.29) is 6.04 Å². The van der Waals surface area contributed by atoms with Crippen LogP contribution < -0.4 is 9.47 Å². The van der Waals surface area contributed by atoms with E-state index < -0.39 is 10.0 Å². The Morgan fingerprint density at radius 2 is 2.05 bits per heavy atom. The van der Waals surface area contributed by atoms with Gasteiger partial charge in [-0.1, -0.05) is 22.0 Å². The molecule has 0 spiro atoms. The summed E-state index contributed by atoms with van der Waals surface area (Å²) in [7, 11) is -0.121. The number of fused-ring (bicyclic) bond motifs is 1. The van der Waals surface area contributed by atoms with Crippen LogP contribution in [0.15, 0.2) is 12.1 Å². The number of benzene rings is 1. The summed E-state index contributed by atoms with van der Waals surface area (Å²) in [5.74, 6) is 1.23. The average molecular weight is 364 g/mol. The van der Waals surface area contributed by atoms with E-state index in [1.54, 1.807) is 14.2 Å². The van der Waals surface area contributed by atoms with Gasteiger partial charge >= 0.3 is 0 Å². The van der Waals surface area contributed by atoms with Crippen LogP contribution in [0.4, 0.5) is 0 Å². The average Bonchev–Trinajstić information content (AvgIpc) is 2.43. The first-order chi connectivity index (χ1) is 9.43. The molecule has 1 heterocycles. The van der Waals surface area contributed by atoms with E-state index in [2.05, 4.69) is 15.9 Å². The van der Waals surface area contributed by atoms with Crippen molar-refractivity contribution in [1.82, 2.24) is 4.31 Å². The Labute approximate surface area is 128 Å².